The summed E-state index contributed by atoms with van der Waals surface area (Å²) in [6, 6.07) is 11.2. The number of hydrogen-bond acceptors (Lipinski definition) is 4. The Hall–Kier alpha value is -2.69. The van der Waals surface area contributed by atoms with Gasteiger partial charge in [-0.2, -0.15) is 12.7 Å². The molecule has 0 saturated heterocycles. The molecule has 0 heterocycles. The summed E-state index contributed by atoms with van der Waals surface area (Å²) in [5.41, 5.74) is 0.440. The highest BCUT2D eigenvalue weighted by Gasteiger charge is 2.34. The first-order valence-corrected chi connectivity index (χ1v) is 12.6. The molecule has 0 aliphatic heterocycles. The summed E-state index contributed by atoms with van der Waals surface area (Å²) in [4.78, 5) is 27.6. The van der Waals surface area contributed by atoms with Gasteiger partial charge in [-0.3, -0.25) is 9.59 Å². The first-order chi connectivity index (χ1) is 16.0. The van der Waals surface area contributed by atoms with Crippen LogP contribution in [0.1, 0.15) is 25.8 Å². The molecule has 0 aromatic heterocycles. The Labute approximate surface area is 205 Å². The summed E-state index contributed by atoms with van der Waals surface area (Å²) in [5, 5.41) is 3.23. The lowest BCUT2D eigenvalue weighted by Crippen LogP contribution is -2.53. The number of halogens is 2. The van der Waals surface area contributed by atoms with Crippen LogP contribution in [-0.2, 0) is 26.3 Å². The molecule has 0 saturated carbocycles. The van der Waals surface area contributed by atoms with Gasteiger partial charge in [-0.1, -0.05) is 42.8 Å². The van der Waals surface area contributed by atoms with E-state index in [1.165, 1.54) is 37.2 Å². The van der Waals surface area contributed by atoms with Crippen molar-refractivity contribution in [3.05, 3.63) is 64.9 Å². The van der Waals surface area contributed by atoms with E-state index in [1.54, 1.807) is 38.1 Å². The summed E-state index contributed by atoms with van der Waals surface area (Å²) < 4.78 is 42.3. The summed E-state index contributed by atoms with van der Waals surface area (Å²) in [5.74, 6) is -1.80. The van der Waals surface area contributed by atoms with Crippen LogP contribution in [0.25, 0.3) is 0 Å². The van der Waals surface area contributed by atoms with Gasteiger partial charge in [-0.05, 0) is 43.2 Å². The van der Waals surface area contributed by atoms with Crippen molar-refractivity contribution in [2.75, 3.05) is 31.5 Å². The number of anilines is 1. The smallest absolute Gasteiger partial charge is 0.304 e. The molecule has 1 N–H and O–H groups in total. The monoisotopic (exact) mass is 512 g/mol. The molecule has 186 valence electrons. The zero-order chi connectivity index (χ0) is 25.5. The van der Waals surface area contributed by atoms with Crippen molar-refractivity contribution < 1.29 is 22.4 Å². The normalized spacial score (nSPS) is 12.3. The van der Waals surface area contributed by atoms with E-state index in [1.807, 2.05) is 0 Å². The number of rotatable bonds is 11. The zero-order valence-corrected chi connectivity index (χ0v) is 21.2. The highest BCUT2D eigenvalue weighted by atomic mass is 35.5. The predicted octanol–water partition coefficient (Wildman–Crippen LogP) is 3.04. The Bertz CT molecular complexity index is 1100. The van der Waals surface area contributed by atoms with Gasteiger partial charge >= 0.3 is 10.2 Å². The van der Waals surface area contributed by atoms with Gasteiger partial charge in [0.25, 0.3) is 0 Å². The zero-order valence-electron chi connectivity index (χ0n) is 19.7. The average Bonchev–Trinajstić information content (AvgIpc) is 2.79. The van der Waals surface area contributed by atoms with E-state index in [9.17, 15) is 22.4 Å². The molecular weight excluding hydrogens is 483 g/mol. The highest BCUT2D eigenvalue weighted by molar-refractivity contribution is 7.90. The molecule has 34 heavy (non-hydrogen) atoms. The number of amides is 2. The molecule has 2 aromatic carbocycles. The van der Waals surface area contributed by atoms with Crippen molar-refractivity contribution >= 4 is 39.3 Å². The topological polar surface area (TPSA) is 90.0 Å². The van der Waals surface area contributed by atoms with Crippen molar-refractivity contribution in [2.45, 2.75) is 32.9 Å². The number of para-hydroxylation sites is 1. The maximum Gasteiger partial charge on any atom is 0.304 e. The second-order valence-corrected chi connectivity index (χ2v) is 10.2. The predicted molar refractivity (Wildman–Crippen MR) is 131 cm³/mol. The van der Waals surface area contributed by atoms with E-state index in [0.29, 0.717) is 27.9 Å². The fourth-order valence-corrected chi connectivity index (χ4v) is 4.54. The van der Waals surface area contributed by atoms with Crippen molar-refractivity contribution in [3.8, 4) is 0 Å². The fourth-order valence-electron chi connectivity index (χ4n) is 3.35. The Balaban J connectivity index is 2.50. The number of carbonyl (C=O) groups excluding carboxylic acids is 2. The molecule has 2 amide bonds. The third kappa shape index (κ3) is 6.68. The molecule has 2 aromatic rings. The Kier molecular flexibility index (Phi) is 9.84. The lowest BCUT2D eigenvalue weighted by molar-refractivity contribution is -0.140. The van der Waals surface area contributed by atoms with Crippen LogP contribution in [0.3, 0.4) is 0 Å². The Morgan fingerprint density at radius 1 is 1.06 bits per heavy atom. The van der Waals surface area contributed by atoms with Gasteiger partial charge in [0.2, 0.25) is 11.8 Å². The molecule has 11 heteroatoms. The summed E-state index contributed by atoms with van der Waals surface area (Å²) in [7, 11) is -1.63. The molecular formula is C23H30ClFN4O4S. The SMILES string of the molecule is CCNC(=O)[C@H](CC)N(Cc1ccc(Cl)cc1)C(=O)CN(c1ccccc1F)S(=O)(=O)N(C)C. The van der Waals surface area contributed by atoms with Gasteiger partial charge in [0.1, 0.15) is 18.4 Å². The van der Waals surface area contributed by atoms with Crippen LogP contribution in [0.5, 0.6) is 0 Å². The molecule has 0 aliphatic carbocycles. The third-order valence-electron chi connectivity index (χ3n) is 5.14. The molecule has 1 atom stereocenters. The van der Waals surface area contributed by atoms with Crippen LogP contribution in [0.4, 0.5) is 10.1 Å². The third-order valence-corrected chi connectivity index (χ3v) is 7.20. The lowest BCUT2D eigenvalue weighted by Gasteiger charge is -2.33. The molecule has 0 spiro atoms. The summed E-state index contributed by atoms with van der Waals surface area (Å²) in [6.07, 6.45) is 0.297. The van der Waals surface area contributed by atoms with Gasteiger partial charge in [0.15, 0.2) is 0 Å². The van der Waals surface area contributed by atoms with Gasteiger partial charge in [0, 0.05) is 32.2 Å². The standard InChI is InChI=1S/C23H30ClFN4O4S/c1-5-20(23(31)26-6-2)28(15-17-11-13-18(24)14-12-17)22(30)16-29(34(32,33)27(3)4)21-10-8-7-9-19(21)25/h7-14,20H,5-6,15-16H2,1-4H3,(H,26,31)/t20-/m0/s1. The maximum atomic E-state index is 14.6. The van der Waals surface area contributed by atoms with Crippen LogP contribution in [-0.4, -0.2) is 62.7 Å². The number of hydrogen-bond donors (Lipinski definition) is 1. The highest BCUT2D eigenvalue weighted by Crippen LogP contribution is 2.24. The lowest BCUT2D eigenvalue weighted by atomic mass is 10.1. The van der Waals surface area contributed by atoms with Crippen LogP contribution in [0.2, 0.25) is 5.02 Å². The van der Waals surface area contributed by atoms with Gasteiger partial charge in [0.05, 0.1) is 5.69 Å². The minimum Gasteiger partial charge on any atom is -0.355 e. The van der Waals surface area contributed by atoms with Crippen molar-refractivity contribution in [2.24, 2.45) is 0 Å². The first-order valence-electron chi connectivity index (χ1n) is 10.8. The van der Waals surface area contributed by atoms with E-state index in [-0.39, 0.29) is 18.1 Å². The molecule has 0 aliphatic rings. The van der Waals surface area contributed by atoms with Crippen molar-refractivity contribution in [1.82, 2.24) is 14.5 Å². The number of nitrogens with one attached hydrogen (secondary N) is 1. The number of benzene rings is 2. The van der Waals surface area contributed by atoms with E-state index < -0.39 is 34.5 Å². The fraction of sp³-hybridized carbons (Fsp3) is 0.391. The van der Waals surface area contributed by atoms with Crippen LogP contribution in [0, 0.1) is 5.82 Å². The van der Waals surface area contributed by atoms with Gasteiger partial charge in [-0.15, -0.1) is 0 Å². The maximum absolute atomic E-state index is 14.6. The number of likely N-dealkylation sites (N-methyl/N-ethyl adjacent to an activating group) is 1. The van der Waals surface area contributed by atoms with E-state index in [0.717, 1.165) is 10.4 Å². The van der Waals surface area contributed by atoms with E-state index in [2.05, 4.69) is 5.32 Å². The molecule has 0 radical (unpaired) electrons. The average molecular weight is 513 g/mol. The molecule has 0 fully saturated rings. The molecule has 8 nitrogen and oxygen atoms in total. The first kappa shape index (κ1) is 27.6. The van der Waals surface area contributed by atoms with Crippen molar-refractivity contribution in [1.29, 1.82) is 0 Å². The second-order valence-electron chi connectivity index (χ2n) is 7.71. The number of nitrogens with zero attached hydrogens (tertiary/aromatic N) is 3. The van der Waals surface area contributed by atoms with Crippen LogP contribution < -0.4 is 9.62 Å². The molecule has 2 rings (SSSR count). The largest absolute Gasteiger partial charge is 0.355 e. The van der Waals surface area contributed by atoms with Crippen LogP contribution >= 0.6 is 11.6 Å². The van der Waals surface area contributed by atoms with Crippen LogP contribution in [0.15, 0.2) is 48.5 Å². The second kappa shape index (κ2) is 12.1. The molecule has 0 unspecified atom stereocenters. The Morgan fingerprint density at radius 3 is 2.21 bits per heavy atom. The van der Waals surface area contributed by atoms with Gasteiger partial charge < -0.3 is 10.2 Å². The van der Waals surface area contributed by atoms with Crippen molar-refractivity contribution in [3.63, 3.8) is 0 Å². The molecule has 0 bridgehead atoms. The number of carbonyl (C=O) groups is 2. The van der Waals surface area contributed by atoms with E-state index in [4.69, 9.17) is 11.6 Å². The van der Waals surface area contributed by atoms with E-state index >= 15 is 0 Å². The minimum atomic E-state index is -4.22. The minimum absolute atomic E-state index is 0.0404. The quantitative estimate of drug-likeness (QED) is 0.501. The van der Waals surface area contributed by atoms with Gasteiger partial charge in [-0.25, -0.2) is 8.70 Å². The summed E-state index contributed by atoms with van der Waals surface area (Å²) >= 11 is 5.97. The summed E-state index contributed by atoms with van der Waals surface area (Å²) in [6.45, 7) is 3.24. The Morgan fingerprint density at radius 2 is 1.68 bits per heavy atom.